The second kappa shape index (κ2) is 12.5. The molecule has 1 unspecified atom stereocenters. The number of nitrogens with one attached hydrogen (secondary N) is 1. The maximum absolute atomic E-state index is 12.5. The van der Waals surface area contributed by atoms with Crippen LogP contribution in [0.4, 0.5) is 4.79 Å². The van der Waals surface area contributed by atoms with Gasteiger partial charge in [-0.05, 0) is 61.7 Å². The molecule has 3 aliphatic rings. The number of aliphatic hydroxyl groups excluding tert-OH is 1. The molecule has 33 heavy (non-hydrogen) atoms. The van der Waals surface area contributed by atoms with Crippen molar-refractivity contribution in [3.63, 3.8) is 0 Å². The number of hydrogen-bond donors (Lipinski definition) is 4. The molecule has 1 aliphatic heterocycles. The van der Waals surface area contributed by atoms with E-state index in [1.165, 1.54) is 4.90 Å². The van der Waals surface area contributed by atoms with Gasteiger partial charge in [-0.3, -0.25) is 4.79 Å². The van der Waals surface area contributed by atoms with Crippen LogP contribution in [0.1, 0.15) is 57.8 Å². The molecule has 0 spiro atoms. The lowest BCUT2D eigenvalue weighted by Crippen LogP contribution is -2.38. The zero-order chi connectivity index (χ0) is 23.8. The lowest BCUT2D eigenvalue weighted by atomic mass is 10.1. The number of likely N-dealkylation sites (tertiary alicyclic amines) is 1. The number of carbonyl (C=O) groups is 2. The minimum absolute atomic E-state index is 0.102. The highest BCUT2D eigenvalue weighted by Crippen LogP contribution is 2.52. The van der Waals surface area contributed by atoms with Crippen molar-refractivity contribution in [2.75, 3.05) is 26.3 Å². The summed E-state index contributed by atoms with van der Waals surface area (Å²) in [5, 5.41) is 12.6. The van der Waals surface area contributed by atoms with E-state index in [-0.39, 0.29) is 25.2 Å². The van der Waals surface area contributed by atoms with Crippen molar-refractivity contribution in [3.05, 3.63) is 0 Å². The van der Waals surface area contributed by atoms with Crippen LogP contribution >= 0.6 is 6.72 Å². The second-order valence-electron chi connectivity index (χ2n) is 9.13. The average molecular weight is 503 g/mol. The van der Waals surface area contributed by atoms with Crippen LogP contribution in [0, 0.1) is 29.6 Å². The Labute approximate surface area is 200 Å². The third-order valence-corrected chi connectivity index (χ3v) is 7.53. The molecule has 4 N–H and O–H groups in total. The van der Waals surface area contributed by atoms with Gasteiger partial charge in [0.15, 0.2) is 0 Å². The molecule has 2 amide bonds. The molecule has 3 rings (SSSR count). The molecular formula is C22H35N2O7PS. The molecule has 0 bridgehead atoms. The van der Waals surface area contributed by atoms with Crippen LogP contribution in [0.15, 0.2) is 0 Å². The quantitative estimate of drug-likeness (QED) is 0.192. The molecular weight excluding hydrogens is 467 g/mol. The van der Waals surface area contributed by atoms with Crippen LogP contribution in [-0.4, -0.2) is 70.2 Å². The summed E-state index contributed by atoms with van der Waals surface area (Å²) in [7, 11) is 0. The SMILES string of the molecule is O=C(NCCCCCC(=O)N1C[C@H](O)C[C@H]1COP(O)(O)=S)OCC1[C@H]2CCC#CCC[C@@H]12. The molecule has 1 saturated carbocycles. The van der Waals surface area contributed by atoms with Gasteiger partial charge in [-0.1, -0.05) is 6.42 Å². The first-order valence-corrected chi connectivity index (χ1v) is 14.4. The topological polar surface area (TPSA) is 129 Å². The Balaban J connectivity index is 1.23. The molecule has 0 aromatic heterocycles. The maximum atomic E-state index is 12.5. The summed E-state index contributed by atoms with van der Waals surface area (Å²) in [4.78, 5) is 44.4. The zero-order valence-corrected chi connectivity index (χ0v) is 20.6. The van der Waals surface area contributed by atoms with E-state index in [0.717, 1.165) is 38.5 Å². The van der Waals surface area contributed by atoms with Crippen molar-refractivity contribution in [2.45, 2.75) is 69.9 Å². The predicted octanol–water partition coefficient (Wildman–Crippen LogP) is 1.90. The fourth-order valence-corrected chi connectivity index (χ4v) is 5.50. The number of hydrogen-bond acceptors (Lipinski definition) is 6. The first-order chi connectivity index (χ1) is 15.7. The maximum Gasteiger partial charge on any atom is 0.407 e. The summed E-state index contributed by atoms with van der Waals surface area (Å²) in [6.45, 7) is -2.72. The van der Waals surface area contributed by atoms with Crippen molar-refractivity contribution in [3.8, 4) is 11.8 Å². The van der Waals surface area contributed by atoms with Crippen molar-refractivity contribution in [1.29, 1.82) is 0 Å². The van der Waals surface area contributed by atoms with Crippen molar-refractivity contribution in [2.24, 2.45) is 17.8 Å². The molecule has 0 radical (unpaired) electrons. The third-order valence-electron chi connectivity index (χ3n) is 6.73. The van der Waals surface area contributed by atoms with E-state index in [2.05, 4.69) is 29.0 Å². The van der Waals surface area contributed by atoms with Crippen molar-refractivity contribution < 1.29 is 33.7 Å². The summed E-state index contributed by atoms with van der Waals surface area (Å²) < 4.78 is 10.3. The highest BCUT2D eigenvalue weighted by atomic mass is 32.5. The third kappa shape index (κ3) is 8.82. The molecule has 1 heterocycles. The van der Waals surface area contributed by atoms with Crippen LogP contribution in [0.2, 0.25) is 0 Å². The molecule has 5 atom stereocenters. The van der Waals surface area contributed by atoms with Crippen LogP contribution in [0.5, 0.6) is 0 Å². The Kier molecular flexibility index (Phi) is 9.98. The fourth-order valence-electron chi connectivity index (χ4n) is 4.96. The van der Waals surface area contributed by atoms with E-state index < -0.39 is 18.9 Å². The Morgan fingerprint density at radius 2 is 1.79 bits per heavy atom. The van der Waals surface area contributed by atoms with Crippen molar-refractivity contribution >= 4 is 30.5 Å². The second-order valence-corrected chi connectivity index (χ2v) is 11.8. The van der Waals surface area contributed by atoms with Crippen LogP contribution in [-0.2, 0) is 25.9 Å². The predicted molar refractivity (Wildman–Crippen MR) is 125 cm³/mol. The Hall–Kier alpha value is -1.21. The molecule has 0 aromatic rings. The van der Waals surface area contributed by atoms with E-state index in [1.807, 2.05) is 0 Å². The van der Waals surface area contributed by atoms with Gasteiger partial charge >= 0.3 is 12.8 Å². The minimum Gasteiger partial charge on any atom is -0.449 e. The number of aliphatic hydroxyl groups is 1. The van der Waals surface area contributed by atoms with Crippen LogP contribution < -0.4 is 5.32 Å². The molecule has 2 aliphatic carbocycles. The normalized spacial score (nSPS) is 28.7. The zero-order valence-electron chi connectivity index (χ0n) is 18.9. The first-order valence-electron chi connectivity index (χ1n) is 11.8. The first kappa shape index (κ1) is 26.4. The number of nitrogens with zero attached hydrogens (tertiary/aromatic N) is 1. The Morgan fingerprint density at radius 3 is 2.45 bits per heavy atom. The average Bonchev–Trinajstić information content (AvgIpc) is 3.21. The monoisotopic (exact) mass is 502 g/mol. The van der Waals surface area contributed by atoms with Crippen LogP contribution in [0.25, 0.3) is 0 Å². The molecule has 9 nitrogen and oxygen atoms in total. The number of fused-ring (bicyclic) bond motifs is 1. The lowest BCUT2D eigenvalue weighted by molar-refractivity contribution is -0.133. The number of amides is 2. The number of ether oxygens (including phenoxy) is 1. The van der Waals surface area contributed by atoms with Gasteiger partial charge in [0.25, 0.3) is 0 Å². The Morgan fingerprint density at radius 1 is 1.09 bits per heavy atom. The smallest absolute Gasteiger partial charge is 0.407 e. The van der Waals surface area contributed by atoms with E-state index in [1.54, 1.807) is 0 Å². The molecule has 186 valence electrons. The van der Waals surface area contributed by atoms with Gasteiger partial charge in [-0.25, -0.2) is 4.79 Å². The number of alkyl carbamates (subject to hydrolysis) is 1. The van der Waals surface area contributed by atoms with Gasteiger partial charge in [0.2, 0.25) is 5.91 Å². The highest BCUT2D eigenvalue weighted by molar-refractivity contribution is 8.06. The van der Waals surface area contributed by atoms with Crippen molar-refractivity contribution in [1.82, 2.24) is 10.2 Å². The molecule has 1 saturated heterocycles. The minimum atomic E-state index is -3.79. The van der Waals surface area contributed by atoms with E-state index >= 15 is 0 Å². The number of rotatable bonds is 11. The van der Waals surface area contributed by atoms with Gasteiger partial charge in [-0.2, -0.15) is 0 Å². The summed E-state index contributed by atoms with van der Waals surface area (Å²) in [5.74, 6) is 8.03. The fraction of sp³-hybridized carbons (Fsp3) is 0.818. The van der Waals surface area contributed by atoms with Gasteiger partial charge in [0, 0.05) is 32.4 Å². The molecule has 11 heteroatoms. The lowest BCUT2D eigenvalue weighted by Gasteiger charge is -2.25. The standard InChI is InChI=1S/C22H35N2O7PS/c25-17-12-16(14-31-32(28,29)33)24(13-17)21(26)10-6-3-7-11-23-22(27)30-15-20-18-8-4-1-2-5-9-19(18)20/h16-20,25H,3-15H2,(H,23,27)(H2,28,29,33)/t16-,17+,18-,19+,20?/m0/s1. The van der Waals surface area contributed by atoms with E-state index in [4.69, 9.17) is 9.26 Å². The number of carbonyl (C=O) groups excluding carboxylic acids is 2. The van der Waals surface area contributed by atoms with E-state index in [0.29, 0.717) is 50.2 Å². The molecule has 0 aromatic carbocycles. The highest BCUT2D eigenvalue weighted by Gasteiger charge is 2.49. The summed E-state index contributed by atoms with van der Waals surface area (Å²) in [5.41, 5.74) is 0. The summed E-state index contributed by atoms with van der Waals surface area (Å²) >= 11 is 4.44. The van der Waals surface area contributed by atoms with Gasteiger partial charge in [-0.15, -0.1) is 11.8 Å². The van der Waals surface area contributed by atoms with Gasteiger partial charge < -0.3 is 34.4 Å². The largest absolute Gasteiger partial charge is 0.449 e. The van der Waals surface area contributed by atoms with E-state index in [9.17, 15) is 24.5 Å². The van der Waals surface area contributed by atoms with Gasteiger partial charge in [0.05, 0.1) is 25.4 Å². The number of unbranched alkanes of at least 4 members (excludes halogenated alkanes) is 2. The number of β-amino-alcohol motifs (C(OH)–C–C–N with tert-alkyl or cyclic N) is 1. The summed E-state index contributed by atoms with van der Waals surface area (Å²) in [6.07, 6.45) is 5.86. The summed E-state index contributed by atoms with van der Waals surface area (Å²) in [6, 6.07) is -0.415. The molecule has 2 fully saturated rings. The van der Waals surface area contributed by atoms with Gasteiger partial charge in [0.1, 0.15) is 0 Å². The Bertz CT molecular complexity index is 777. The van der Waals surface area contributed by atoms with Crippen LogP contribution in [0.3, 0.4) is 0 Å².